The Labute approximate surface area is 61.8 Å². The number of carbonyl (C=O) groups excluding carboxylic acids is 2. The predicted octanol–water partition coefficient (Wildman–Crippen LogP) is -0.675. The summed E-state index contributed by atoms with van der Waals surface area (Å²) in [6.07, 6.45) is 0.181. The highest BCUT2D eigenvalue weighted by molar-refractivity contribution is 6.78. The van der Waals surface area contributed by atoms with Gasteiger partial charge in [-0.15, -0.1) is 6.22 Å². The van der Waals surface area contributed by atoms with Gasteiger partial charge in [0, 0.05) is 6.92 Å². The van der Waals surface area contributed by atoms with E-state index in [-0.39, 0.29) is 18.5 Å². The van der Waals surface area contributed by atoms with Gasteiger partial charge in [0.25, 0.3) is 0 Å². The Kier molecular flexibility index (Phi) is 4.71. The summed E-state index contributed by atoms with van der Waals surface area (Å²) in [5, 5.41) is 0. The lowest BCUT2D eigenvalue weighted by atomic mass is 9.63. The van der Waals surface area contributed by atoms with Gasteiger partial charge in [-0.1, -0.05) is 0 Å². The van der Waals surface area contributed by atoms with Crippen LogP contribution in [0, 0.1) is 0 Å². The van der Waals surface area contributed by atoms with E-state index in [0.29, 0.717) is 0 Å². The van der Waals surface area contributed by atoms with E-state index in [9.17, 15) is 9.59 Å². The topological polar surface area (TPSA) is 43.4 Å². The van der Waals surface area contributed by atoms with E-state index < -0.39 is 5.97 Å². The van der Waals surface area contributed by atoms with Crippen LogP contribution in [0.1, 0.15) is 6.92 Å². The number of carbonyl (C=O) groups is 2. The summed E-state index contributed by atoms with van der Waals surface area (Å²) in [5.41, 5.74) is -0.266. The molecule has 0 spiro atoms. The number of esters is 1. The largest absolute Gasteiger partial charge is 0.459 e. The Bertz CT molecular complexity index is 135. The van der Waals surface area contributed by atoms with Gasteiger partial charge < -0.3 is 9.53 Å². The van der Waals surface area contributed by atoms with Crippen molar-refractivity contribution in [3.8, 4) is 0 Å². The van der Waals surface area contributed by atoms with E-state index in [1.54, 1.807) is 0 Å². The molecule has 0 aliphatic carbocycles. The monoisotopic (exact) mass is 137 g/mol. The molecular weight excluding hydrogens is 130 g/mol. The fourth-order valence-corrected chi connectivity index (χ4v) is 0.363. The molecule has 0 saturated heterocycles. The molecule has 10 heavy (non-hydrogen) atoms. The van der Waals surface area contributed by atoms with Crippen molar-refractivity contribution in [1.29, 1.82) is 0 Å². The zero-order chi connectivity index (χ0) is 7.98. The summed E-state index contributed by atoms with van der Waals surface area (Å²) in [4.78, 5) is 20.7. The van der Waals surface area contributed by atoms with Crippen molar-refractivity contribution >= 4 is 26.8 Å². The minimum absolute atomic E-state index is 0.181. The van der Waals surface area contributed by atoms with Crippen LogP contribution in [0.5, 0.6) is 0 Å². The fourth-order valence-electron chi connectivity index (χ4n) is 0.363. The van der Waals surface area contributed by atoms with Crippen molar-refractivity contribution in [1.82, 2.24) is 0 Å². The highest BCUT2D eigenvalue weighted by Crippen LogP contribution is 1.79. The summed E-state index contributed by atoms with van der Waals surface area (Å²) >= 11 is 0. The smallest absolute Gasteiger partial charge is 0.303 e. The SMILES string of the molecule is [B]C[B]C(=O)COC(C)=O. The maximum Gasteiger partial charge on any atom is 0.303 e. The minimum Gasteiger partial charge on any atom is -0.459 e. The van der Waals surface area contributed by atoms with Crippen molar-refractivity contribution in [2.45, 2.75) is 13.1 Å². The number of hydrogen-bond donors (Lipinski definition) is 0. The number of ether oxygens (including phenoxy) is 1. The summed E-state index contributed by atoms with van der Waals surface area (Å²) in [7, 11) is 6.29. The van der Waals surface area contributed by atoms with Crippen LogP contribution in [0.2, 0.25) is 6.22 Å². The summed E-state index contributed by atoms with van der Waals surface area (Å²) in [6.45, 7) is 1.04. The molecule has 0 amide bonds. The van der Waals surface area contributed by atoms with Crippen LogP contribution >= 0.6 is 0 Å². The molecule has 0 saturated carbocycles. The highest BCUT2D eigenvalue weighted by atomic mass is 16.5. The summed E-state index contributed by atoms with van der Waals surface area (Å²) in [5.74, 6) is -0.459. The molecule has 0 atom stereocenters. The average Bonchev–Trinajstić information content (AvgIpc) is 1.85. The first-order valence-corrected chi connectivity index (χ1v) is 2.86. The van der Waals surface area contributed by atoms with Crippen LogP contribution in [0.15, 0.2) is 0 Å². The molecule has 0 aliphatic heterocycles. The molecule has 0 N–H and O–H groups in total. The minimum atomic E-state index is -0.459. The first-order chi connectivity index (χ1) is 4.66. The second-order valence-electron chi connectivity index (χ2n) is 1.69. The normalized spacial score (nSPS) is 8.50. The van der Waals surface area contributed by atoms with Gasteiger partial charge in [-0.25, -0.2) is 0 Å². The van der Waals surface area contributed by atoms with Crippen LogP contribution in [-0.4, -0.2) is 33.4 Å². The molecule has 5 heteroatoms. The second-order valence-corrected chi connectivity index (χ2v) is 1.69. The predicted molar refractivity (Wildman–Crippen MR) is 38.0 cm³/mol. The molecule has 0 fully saturated rings. The van der Waals surface area contributed by atoms with Gasteiger partial charge >= 0.3 is 5.97 Å². The lowest BCUT2D eigenvalue weighted by molar-refractivity contribution is -0.143. The van der Waals surface area contributed by atoms with Gasteiger partial charge in [0.2, 0.25) is 0 Å². The van der Waals surface area contributed by atoms with Crippen LogP contribution in [-0.2, 0) is 14.3 Å². The van der Waals surface area contributed by atoms with Crippen LogP contribution < -0.4 is 0 Å². The van der Waals surface area contributed by atoms with E-state index in [4.69, 9.17) is 7.85 Å². The van der Waals surface area contributed by atoms with Gasteiger partial charge in [-0.05, 0) is 0 Å². The fraction of sp³-hybridized carbons (Fsp3) is 0.600. The van der Waals surface area contributed by atoms with Crippen LogP contribution in [0.25, 0.3) is 0 Å². The lowest BCUT2D eigenvalue weighted by Gasteiger charge is -1.97. The molecule has 0 aromatic carbocycles. The quantitative estimate of drug-likeness (QED) is 0.380. The van der Waals surface area contributed by atoms with E-state index in [0.717, 1.165) is 0 Å². The van der Waals surface area contributed by atoms with Crippen molar-refractivity contribution in [2.75, 3.05) is 6.61 Å². The molecule has 0 unspecified atom stereocenters. The van der Waals surface area contributed by atoms with E-state index in [1.165, 1.54) is 14.2 Å². The zero-order valence-electron chi connectivity index (χ0n) is 5.79. The molecule has 0 heterocycles. The maximum atomic E-state index is 10.5. The first-order valence-electron chi connectivity index (χ1n) is 2.86. The molecule has 0 aliphatic rings. The first kappa shape index (κ1) is 9.27. The van der Waals surface area contributed by atoms with Crippen molar-refractivity contribution in [2.24, 2.45) is 0 Å². The van der Waals surface area contributed by atoms with Gasteiger partial charge in [0.15, 0.2) is 7.28 Å². The molecule has 3 radical (unpaired) electrons. The molecule has 0 aromatic rings. The number of rotatable bonds is 4. The van der Waals surface area contributed by atoms with Crippen LogP contribution in [0.4, 0.5) is 0 Å². The van der Waals surface area contributed by atoms with Gasteiger partial charge in [-0.3, -0.25) is 4.79 Å². The average molecular weight is 137 g/mol. The van der Waals surface area contributed by atoms with E-state index >= 15 is 0 Å². The molecule has 0 aromatic heterocycles. The molecule has 3 nitrogen and oxygen atoms in total. The lowest BCUT2D eigenvalue weighted by Crippen LogP contribution is -2.17. The highest BCUT2D eigenvalue weighted by Gasteiger charge is 2.02. The Morgan fingerprint density at radius 1 is 1.60 bits per heavy atom. The van der Waals surface area contributed by atoms with E-state index in [1.807, 2.05) is 0 Å². The Morgan fingerprint density at radius 3 is 2.60 bits per heavy atom. The molecular formula is C5H7B2O3. The number of hydrogen-bond acceptors (Lipinski definition) is 3. The standard InChI is InChI=1S/C5H7B2O3/c1-4(8)10-2-5(9)7-3-6/h2-3H2,1H3. The van der Waals surface area contributed by atoms with Gasteiger partial charge in [0.1, 0.15) is 12.3 Å². The van der Waals surface area contributed by atoms with E-state index in [2.05, 4.69) is 4.74 Å². The zero-order valence-corrected chi connectivity index (χ0v) is 5.79. The molecule has 0 rings (SSSR count). The Hall–Kier alpha value is -0.730. The third-order valence-electron chi connectivity index (χ3n) is 0.763. The third kappa shape index (κ3) is 5.41. The second kappa shape index (κ2) is 5.09. The summed E-state index contributed by atoms with van der Waals surface area (Å²) in [6, 6.07) is 0. The van der Waals surface area contributed by atoms with Gasteiger partial charge in [-0.2, -0.15) is 0 Å². The molecule has 51 valence electrons. The summed E-state index contributed by atoms with van der Waals surface area (Å²) < 4.78 is 4.38. The Morgan fingerprint density at radius 2 is 2.20 bits per heavy atom. The Balaban J connectivity index is 3.30. The van der Waals surface area contributed by atoms with Crippen molar-refractivity contribution in [3.05, 3.63) is 0 Å². The van der Waals surface area contributed by atoms with Crippen molar-refractivity contribution < 1.29 is 14.3 Å². The van der Waals surface area contributed by atoms with Gasteiger partial charge in [0.05, 0.1) is 7.85 Å². The maximum absolute atomic E-state index is 10.5. The third-order valence-corrected chi connectivity index (χ3v) is 0.763. The van der Waals surface area contributed by atoms with Crippen LogP contribution in [0.3, 0.4) is 0 Å². The molecule has 0 bridgehead atoms. The van der Waals surface area contributed by atoms with Crippen molar-refractivity contribution in [3.63, 3.8) is 0 Å².